The van der Waals surface area contributed by atoms with Crippen molar-refractivity contribution in [2.45, 2.75) is 6.42 Å². The topological polar surface area (TPSA) is 108 Å². The molecule has 0 aliphatic heterocycles. The van der Waals surface area contributed by atoms with Crippen molar-refractivity contribution in [3.8, 4) is 6.07 Å². The van der Waals surface area contributed by atoms with Crippen LogP contribution in [-0.4, -0.2) is 33.8 Å². The number of carbonyl (C=O) groups is 1. The molecule has 0 radical (unpaired) electrons. The number of carbonyl (C=O) groups excluding carboxylic acids is 1. The number of ether oxygens (including phenoxy) is 1. The van der Waals surface area contributed by atoms with Crippen molar-refractivity contribution in [2.75, 3.05) is 24.8 Å². The van der Waals surface area contributed by atoms with E-state index in [0.717, 1.165) is 0 Å². The van der Waals surface area contributed by atoms with Gasteiger partial charge in [0, 0.05) is 18.5 Å². The van der Waals surface area contributed by atoms with Crippen molar-refractivity contribution >= 4 is 21.6 Å². The molecule has 1 aromatic rings. The number of hydrogen-bond donors (Lipinski definition) is 2. The maximum Gasteiger partial charge on any atom is 0.234 e. The molecule has 0 fully saturated rings. The fraction of sp³-hybridized carbons (Fsp3) is 0.294. The van der Waals surface area contributed by atoms with E-state index in [-0.39, 0.29) is 18.3 Å². The molecule has 1 atom stereocenters. The summed E-state index contributed by atoms with van der Waals surface area (Å²) in [5.41, 5.74) is 1.36. The number of sulfonamides is 1. The van der Waals surface area contributed by atoms with Gasteiger partial charge in [0.05, 0.1) is 29.9 Å². The minimum absolute atomic E-state index is 0.0700. The van der Waals surface area contributed by atoms with Gasteiger partial charge in [0.2, 0.25) is 15.9 Å². The number of nitrogens with zero attached hydrogens (tertiary/aromatic N) is 1. The van der Waals surface area contributed by atoms with E-state index in [9.17, 15) is 13.2 Å². The Morgan fingerprint density at radius 3 is 2.72 bits per heavy atom. The Morgan fingerprint density at radius 1 is 1.36 bits per heavy atom. The summed E-state index contributed by atoms with van der Waals surface area (Å²) in [5.74, 6) is -1.15. The molecule has 1 unspecified atom stereocenters. The molecule has 132 valence electrons. The van der Waals surface area contributed by atoms with Crippen molar-refractivity contribution < 1.29 is 17.9 Å². The summed E-state index contributed by atoms with van der Waals surface area (Å²) in [7, 11) is -2.16. The molecule has 0 saturated carbocycles. The Labute approximate surface area is 147 Å². The van der Waals surface area contributed by atoms with E-state index >= 15 is 0 Å². The van der Waals surface area contributed by atoms with E-state index < -0.39 is 15.9 Å². The minimum atomic E-state index is -3.58. The monoisotopic (exact) mass is 361 g/mol. The van der Waals surface area contributed by atoms with Crippen LogP contribution in [0.5, 0.6) is 0 Å². The summed E-state index contributed by atoms with van der Waals surface area (Å²) in [6.07, 6.45) is 5.48. The summed E-state index contributed by atoms with van der Waals surface area (Å²) in [5, 5.41) is 11.5. The third-order valence-corrected chi connectivity index (χ3v) is 4.84. The van der Waals surface area contributed by atoms with Crippen molar-refractivity contribution in [1.29, 1.82) is 5.26 Å². The largest absolute Gasteiger partial charge is 0.384 e. The lowest BCUT2D eigenvalue weighted by Crippen LogP contribution is -2.36. The molecule has 8 heteroatoms. The van der Waals surface area contributed by atoms with Gasteiger partial charge in [0.25, 0.3) is 0 Å². The Bertz CT molecular complexity index is 820. The molecule has 1 aromatic carbocycles. The van der Waals surface area contributed by atoms with Crippen LogP contribution >= 0.6 is 0 Å². The van der Waals surface area contributed by atoms with Gasteiger partial charge in [0.15, 0.2) is 0 Å². The average Bonchev–Trinajstić information content (AvgIpc) is 2.61. The van der Waals surface area contributed by atoms with Gasteiger partial charge in [-0.3, -0.25) is 9.52 Å². The molecule has 1 amide bonds. The Hall–Kier alpha value is -2.63. The summed E-state index contributed by atoms with van der Waals surface area (Å²) < 4.78 is 31.3. The van der Waals surface area contributed by atoms with Crippen LogP contribution < -0.4 is 10.0 Å². The highest BCUT2D eigenvalue weighted by molar-refractivity contribution is 7.89. The third kappa shape index (κ3) is 5.45. The summed E-state index contributed by atoms with van der Waals surface area (Å²) >= 11 is 0. The van der Waals surface area contributed by atoms with Gasteiger partial charge in [-0.05, 0) is 36.8 Å². The third-order valence-electron chi connectivity index (χ3n) is 3.59. The molecule has 1 aliphatic carbocycles. The van der Waals surface area contributed by atoms with Crippen LogP contribution in [0.15, 0.2) is 48.2 Å². The van der Waals surface area contributed by atoms with Gasteiger partial charge in [-0.2, -0.15) is 5.26 Å². The number of allylic oxidation sites excluding steroid dienone is 3. The number of nitrogens with one attached hydrogen (secondary N) is 2. The maximum atomic E-state index is 12.5. The molecular formula is C17H19N3O4S. The second-order valence-corrected chi connectivity index (χ2v) is 7.27. The molecule has 0 heterocycles. The van der Waals surface area contributed by atoms with Crippen LogP contribution in [-0.2, 0) is 19.6 Å². The van der Waals surface area contributed by atoms with Crippen molar-refractivity contribution in [3.63, 3.8) is 0 Å². The predicted molar refractivity (Wildman–Crippen MR) is 93.9 cm³/mol. The van der Waals surface area contributed by atoms with Crippen LogP contribution in [0.3, 0.4) is 0 Å². The lowest BCUT2D eigenvalue weighted by atomic mass is 9.96. The highest BCUT2D eigenvalue weighted by Gasteiger charge is 2.26. The van der Waals surface area contributed by atoms with Crippen LogP contribution in [0, 0.1) is 17.2 Å². The molecule has 2 N–H and O–H groups in total. The van der Waals surface area contributed by atoms with Gasteiger partial charge >= 0.3 is 0 Å². The van der Waals surface area contributed by atoms with Gasteiger partial charge in [0.1, 0.15) is 0 Å². The van der Waals surface area contributed by atoms with E-state index in [4.69, 9.17) is 10.00 Å². The number of benzene rings is 1. The van der Waals surface area contributed by atoms with Crippen LogP contribution in [0.1, 0.15) is 12.0 Å². The van der Waals surface area contributed by atoms with E-state index in [1.165, 1.54) is 7.11 Å². The molecule has 7 nitrogen and oxygen atoms in total. The Kier molecular flexibility index (Phi) is 6.33. The van der Waals surface area contributed by atoms with Crippen molar-refractivity contribution in [2.24, 2.45) is 5.92 Å². The zero-order chi connectivity index (χ0) is 18.3. The first-order chi connectivity index (χ1) is 11.9. The van der Waals surface area contributed by atoms with E-state index in [0.29, 0.717) is 23.4 Å². The smallest absolute Gasteiger partial charge is 0.234 e. The highest BCUT2D eigenvalue weighted by Crippen LogP contribution is 2.22. The predicted octanol–water partition coefficient (Wildman–Crippen LogP) is 1.52. The van der Waals surface area contributed by atoms with E-state index in [2.05, 4.69) is 10.0 Å². The van der Waals surface area contributed by atoms with Gasteiger partial charge < -0.3 is 10.1 Å². The fourth-order valence-corrected chi connectivity index (χ4v) is 3.32. The SMILES string of the molecule is COCCS(=O)(=O)NC1=CC=CCC1C(=O)Nc1ccc(C#N)cc1. The standard InChI is InChI=1S/C17H19N3O4S/c1-24-10-11-25(22,23)20-16-5-3-2-4-15(16)17(21)19-14-8-6-13(12-18)7-9-14/h2-3,5-9,15,20H,4,10-11H2,1H3,(H,19,21). The zero-order valence-electron chi connectivity index (χ0n) is 13.7. The summed E-state index contributed by atoms with van der Waals surface area (Å²) in [4.78, 5) is 12.5. The number of anilines is 1. The van der Waals surface area contributed by atoms with Gasteiger partial charge in [-0.15, -0.1) is 0 Å². The first kappa shape index (κ1) is 18.7. The lowest BCUT2D eigenvalue weighted by molar-refractivity contribution is -0.118. The van der Waals surface area contributed by atoms with Crippen molar-refractivity contribution in [1.82, 2.24) is 4.72 Å². The molecule has 0 aromatic heterocycles. The summed E-state index contributed by atoms with van der Waals surface area (Å²) in [6, 6.07) is 8.45. The minimum Gasteiger partial charge on any atom is -0.384 e. The lowest BCUT2D eigenvalue weighted by Gasteiger charge is -2.22. The molecule has 0 saturated heterocycles. The number of methoxy groups -OCH3 is 1. The highest BCUT2D eigenvalue weighted by atomic mass is 32.2. The zero-order valence-corrected chi connectivity index (χ0v) is 14.5. The van der Waals surface area contributed by atoms with Gasteiger partial charge in [-0.1, -0.05) is 12.2 Å². The number of hydrogen-bond acceptors (Lipinski definition) is 5. The number of rotatable bonds is 7. The molecule has 0 spiro atoms. The van der Waals surface area contributed by atoms with E-state index in [1.807, 2.05) is 6.07 Å². The molecule has 0 bridgehead atoms. The first-order valence-corrected chi connectivity index (χ1v) is 9.27. The first-order valence-electron chi connectivity index (χ1n) is 7.62. The second-order valence-electron chi connectivity index (χ2n) is 5.43. The van der Waals surface area contributed by atoms with Crippen molar-refractivity contribution in [3.05, 3.63) is 53.8 Å². The average molecular weight is 361 g/mol. The Balaban J connectivity index is 2.08. The molecule has 25 heavy (non-hydrogen) atoms. The number of nitriles is 1. The molecule has 2 rings (SSSR count). The Morgan fingerprint density at radius 2 is 2.08 bits per heavy atom. The fourth-order valence-electron chi connectivity index (χ4n) is 2.26. The molecular weight excluding hydrogens is 342 g/mol. The van der Waals surface area contributed by atoms with E-state index in [1.54, 1.807) is 42.5 Å². The maximum absolute atomic E-state index is 12.5. The van der Waals surface area contributed by atoms with Crippen LogP contribution in [0.2, 0.25) is 0 Å². The normalized spacial score (nSPS) is 16.6. The molecule has 1 aliphatic rings. The van der Waals surface area contributed by atoms with Crippen LogP contribution in [0.25, 0.3) is 0 Å². The number of amides is 1. The second kappa shape index (κ2) is 8.46. The quantitative estimate of drug-likeness (QED) is 0.765. The summed E-state index contributed by atoms with van der Waals surface area (Å²) in [6.45, 7) is 0.0700. The van der Waals surface area contributed by atoms with Gasteiger partial charge in [-0.25, -0.2) is 8.42 Å². The van der Waals surface area contributed by atoms with Crippen LogP contribution in [0.4, 0.5) is 5.69 Å².